The summed E-state index contributed by atoms with van der Waals surface area (Å²) in [7, 11) is 4.53. The lowest BCUT2D eigenvalue weighted by atomic mass is 10.1. The van der Waals surface area contributed by atoms with E-state index >= 15 is 0 Å². The third-order valence-corrected chi connectivity index (χ3v) is 3.59. The second-order valence-corrected chi connectivity index (χ2v) is 5.08. The number of ether oxygens (including phenoxy) is 4. The van der Waals surface area contributed by atoms with Crippen molar-refractivity contribution in [1.29, 1.82) is 0 Å². The maximum absolute atomic E-state index is 12.5. The van der Waals surface area contributed by atoms with Crippen LogP contribution in [0.4, 0.5) is 0 Å². The summed E-state index contributed by atoms with van der Waals surface area (Å²) in [6.45, 7) is 2.55. The van der Waals surface area contributed by atoms with Crippen LogP contribution in [0.1, 0.15) is 22.8 Å². The first-order valence-electron chi connectivity index (χ1n) is 7.88. The average Bonchev–Trinajstić information content (AvgIpc) is 2.65. The molecule has 5 heteroatoms. The molecule has 25 heavy (non-hydrogen) atoms. The summed E-state index contributed by atoms with van der Waals surface area (Å²) < 4.78 is 21.3. The number of benzene rings is 2. The molecule has 2 aromatic carbocycles. The van der Waals surface area contributed by atoms with E-state index in [0.29, 0.717) is 29.4 Å². The van der Waals surface area contributed by atoms with Gasteiger partial charge in [-0.1, -0.05) is 18.2 Å². The number of carbonyl (C=O) groups is 1. The van der Waals surface area contributed by atoms with Crippen LogP contribution >= 0.6 is 0 Å². The van der Waals surface area contributed by atoms with Crippen molar-refractivity contribution >= 4 is 11.9 Å². The molecular weight excluding hydrogens is 320 g/mol. The Kier molecular flexibility index (Phi) is 6.46. The second-order valence-electron chi connectivity index (χ2n) is 5.08. The SMILES string of the molecule is CCOc1ccc(/C=C/C(=O)c2ccc(OC)c(OC)c2OC)cc1. The van der Waals surface area contributed by atoms with Crippen molar-refractivity contribution in [2.24, 2.45) is 0 Å². The molecule has 0 radical (unpaired) electrons. The predicted octanol–water partition coefficient (Wildman–Crippen LogP) is 4.01. The quantitative estimate of drug-likeness (QED) is 0.536. The average molecular weight is 342 g/mol. The fourth-order valence-electron chi connectivity index (χ4n) is 2.40. The molecule has 0 fully saturated rings. The molecule has 0 aliphatic rings. The molecule has 5 nitrogen and oxygen atoms in total. The van der Waals surface area contributed by atoms with Gasteiger partial charge in [-0.2, -0.15) is 0 Å². The van der Waals surface area contributed by atoms with E-state index in [1.54, 1.807) is 18.2 Å². The lowest BCUT2D eigenvalue weighted by Gasteiger charge is -2.14. The Balaban J connectivity index is 2.25. The molecule has 2 aromatic rings. The van der Waals surface area contributed by atoms with E-state index in [9.17, 15) is 4.79 Å². The Morgan fingerprint density at radius 1 is 0.920 bits per heavy atom. The number of ketones is 1. The predicted molar refractivity (Wildman–Crippen MR) is 97.1 cm³/mol. The van der Waals surface area contributed by atoms with Gasteiger partial charge in [0.2, 0.25) is 5.75 Å². The van der Waals surface area contributed by atoms with Gasteiger partial charge in [0.1, 0.15) is 5.75 Å². The molecule has 132 valence electrons. The van der Waals surface area contributed by atoms with Crippen molar-refractivity contribution in [3.63, 3.8) is 0 Å². The minimum atomic E-state index is -0.188. The summed E-state index contributed by atoms with van der Waals surface area (Å²) in [5, 5.41) is 0. The van der Waals surface area contributed by atoms with Crippen molar-refractivity contribution in [1.82, 2.24) is 0 Å². The van der Waals surface area contributed by atoms with Gasteiger partial charge in [0, 0.05) is 0 Å². The molecular formula is C20H22O5. The third kappa shape index (κ3) is 4.32. The summed E-state index contributed by atoms with van der Waals surface area (Å²) in [5.74, 6) is 1.86. The van der Waals surface area contributed by atoms with Gasteiger partial charge in [0.25, 0.3) is 0 Å². The van der Waals surface area contributed by atoms with Crippen LogP contribution in [-0.4, -0.2) is 33.7 Å². The number of allylic oxidation sites excluding steroid dienone is 1. The zero-order valence-electron chi connectivity index (χ0n) is 14.9. The Hall–Kier alpha value is -2.95. The highest BCUT2D eigenvalue weighted by atomic mass is 16.5. The van der Waals surface area contributed by atoms with E-state index < -0.39 is 0 Å². The highest BCUT2D eigenvalue weighted by molar-refractivity contribution is 6.09. The maximum Gasteiger partial charge on any atom is 0.204 e. The van der Waals surface area contributed by atoms with E-state index in [-0.39, 0.29) is 5.78 Å². The Labute approximate surface area is 147 Å². The number of hydrogen-bond acceptors (Lipinski definition) is 5. The van der Waals surface area contributed by atoms with Crippen molar-refractivity contribution in [3.8, 4) is 23.0 Å². The molecule has 0 amide bonds. The fraction of sp³-hybridized carbons (Fsp3) is 0.250. The van der Waals surface area contributed by atoms with Gasteiger partial charge in [-0.05, 0) is 42.8 Å². The molecule has 0 N–H and O–H groups in total. The van der Waals surface area contributed by atoms with E-state index in [1.807, 2.05) is 31.2 Å². The summed E-state index contributed by atoms with van der Waals surface area (Å²) >= 11 is 0. The molecule has 0 aliphatic carbocycles. The number of hydrogen-bond donors (Lipinski definition) is 0. The molecule has 2 rings (SSSR count). The summed E-state index contributed by atoms with van der Waals surface area (Å²) in [5.41, 5.74) is 1.30. The lowest BCUT2D eigenvalue weighted by Crippen LogP contribution is -2.02. The number of methoxy groups -OCH3 is 3. The number of rotatable bonds is 8. The highest BCUT2D eigenvalue weighted by Crippen LogP contribution is 2.40. The van der Waals surface area contributed by atoms with E-state index in [1.165, 1.54) is 27.4 Å². The largest absolute Gasteiger partial charge is 0.494 e. The second kappa shape index (κ2) is 8.78. The van der Waals surface area contributed by atoms with Crippen molar-refractivity contribution in [3.05, 3.63) is 53.6 Å². The van der Waals surface area contributed by atoms with Crippen LogP contribution in [0.3, 0.4) is 0 Å². The Morgan fingerprint density at radius 3 is 2.16 bits per heavy atom. The molecule has 0 saturated heterocycles. The molecule has 0 aromatic heterocycles. The van der Waals surface area contributed by atoms with Crippen LogP contribution in [0, 0.1) is 0 Å². The molecule has 0 aliphatic heterocycles. The maximum atomic E-state index is 12.5. The van der Waals surface area contributed by atoms with E-state index in [2.05, 4.69) is 0 Å². The van der Waals surface area contributed by atoms with Gasteiger partial charge in [0.05, 0.1) is 33.5 Å². The van der Waals surface area contributed by atoms with Gasteiger partial charge >= 0.3 is 0 Å². The first-order chi connectivity index (χ1) is 12.1. The topological polar surface area (TPSA) is 54.0 Å². The monoisotopic (exact) mass is 342 g/mol. The minimum Gasteiger partial charge on any atom is -0.494 e. The van der Waals surface area contributed by atoms with E-state index in [0.717, 1.165) is 11.3 Å². The fourth-order valence-corrected chi connectivity index (χ4v) is 2.40. The summed E-state index contributed by atoms with van der Waals surface area (Å²) in [6.07, 6.45) is 3.24. The van der Waals surface area contributed by atoms with Crippen LogP contribution in [0.15, 0.2) is 42.5 Å². The van der Waals surface area contributed by atoms with Crippen molar-refractivity contribution in [2.45, 2.75) is 6.92 Å². The van der Waals surface area contributed by atoms with Crippen molar-refractivity contribution in [2.75, 3.05) is 27.9 Å². The van der Waals surface area contributed by atoms with Gasteiger partial charge < -0.3 is 18.9 Å². The molecule has 0 bridgehead atoms. The van der Waals surface area contributed by atoms with Gasteiger partial charge in [-0.3, -0.25) is 4.79 Å². The summed E-state index contributed by atoms with van der Waals surface area (Å²) in [6, 6.07) is 10.8. The molecule has 0 atom stereocenters. The van der Waals surface area contributed by atoms with Crippen LogP contribution in [-0.2, 0) is 0 Å². The first kappa shape index (κ1) is 18.4. The Bertz CT molecular complexity index is 747. The zero-order chi connectivity index (χ0) is 18.2. The smallest absolute Gasteiger partial charge is 0.204 e. The number of carbonyl (C=O) groups excluding carboxylic acids is 1. The zero-order valence-corrected chi connectivity index (χ0v) is 14.9. The minimum absolute atomic E-state index is 0.188. The third-order valence-electron chi connectivity index (χ3n) is 3.59. The lowest BCUT2D eigenvalue weighted by molar-refractivity contribution is 0.104. The van der Waals surface area contributed by atoms with Crippen molar-refractivity contribution < 1.29 is 23.7 Å². The van der Waals surface area contributed by atoms with Crippen LogP contribution < -0.4 is 18.9 Å². The van der Waals surface area contributed by atoms with Gasteiger partial charge in [-0.15, -0.1) is 0 Å². The van der Waals surface area contributed by atoms with Crippen LogP contribution in [0.5, 0.6) is 23.0 Å². The standard InChI is InChI=1S/C20H22O5/c1-5-25-15-9-6-14(7-10-15)8-12-17(21)16-11-13-18(22-2)20(24-4)19(16)23-3/h6-13H,5H2,1-4H3/b12-8+. The highest BCUT2D eigenvalue weighted by Gasteiger charge is 2.19. The van der Waals surface area contributed by atoms with Gasteiger partial charge in [-0.25, -0.2) is 0 Å². The van der Waals surface area contributed by atoms with E-state index in [4.69, 9.17) is 18.9 Å². The molecule has 0 spiro atoms. The first-order valence-corrected chi connectivity index (χ1v) is 7.88. The Morgan fingerprint density at radius 2 is 1.60 bits per heavy atom. The molecule has 0 unspecified atom stereocenters. The van der Waals surface area contributed by atoms with Crippen LogP contribution in [0.2, 0.25) is 0 Å². The molecule has 0 heterocycles. The molecule has 0 saturated carbocycles. The normalized spacial score (nSPS) is 10.6. The summed E-state index contributed by atoms with van der Waals surface area (Å²) in [4.78, 5) is 12.5. The van der Waals surface area contributed by atoms with Gasteiger partial charge in [0.15, 0.2) is 17.3 Å². The van der Waals surface area contributed by atoms with Crippen LogP contribution in [0.25, 0.3) is 6.08 Å².